The molecule has 0 bridgehead atoms. The summed E-state index contributed by atoms with van der Waals surface area (Å²) in [4.78, 5) is 0. The zero-order chi connectivity index (χ0) is 18.5. The van der Waals surface area contributed by atoms with Crippen LogP contribution in [0.4, 0.5) is 0 Å². The van der Waals surface area contributed by atoms with E-state index in [-0.39, 0.29) is 0 Å². The van der Waals surface area contributed by atoms with Gasteiger partial charge in [0.05, 0.1) is 0 Å². The number of hydrogen-bond donors (Lipinski definition) is 0. The molecule has 0 aromatic heterocycles. The van der Waals surface area contributed by atoms with Gasteiger partial charge < -0.3 is 0 Å². The van der Waals surface area contributed by atoms with Crippen molar-refractivity contribution in [1.29, 1.82) is 0 Å². The molecular formula is C27H34. The predicted octanol–water partition coefficient (Wildman–Crippen LogP) is 8.16. The zero-order valence-corrected chi connectivity index (χ0v) is 17.0. The van der Waals surface area contributed by atoms with Crippen LogP contribution in [0.15, 0.2) is 42.5 Å². The summed E-state index contributed by atoms with van der Waals surface area (Å²) in [6.07, 6.45) is 16.2. The quantitative estimate of drug-likeness (QED) is 0.281. The monoisotopic (exact) mass is 358 g/mol. The van der Waals surface area contributed by atoms with Crippen molar-refractivity contribution in [1.82, 2.24) is 0 Å². The highest BCUT2D eigenvalue weighted by Crippen LogP contribution is 2.35. The van der Waals surface area contributed by atoms with Crippen molar-refractivity contribution >= 4 is 21.5 Å². The molecule has 142 valence electrons. The minimum atomic E-state index is 1.23. The van der Waals surface area contributed by atoms with Gasteiger partial charge in [0.1, 0.15) is 0 Å². The first-order valence-electron chi connectivity index (χ1n) is 11.3. The first-order valence-corrected chi connectivity index (χ1v) is 11.3. The van der Waals surface area contributed by atoms with E-state index in [1.54, 1.807) is 22.1 Å². The summed E-state index contributed by atoms with van der Waals surface area (Å²) < 4.78 is 0. The van der Waals surface area contributed by atoms with Gasteiger partial charge in [0.15, 0.2) is 0 Å². The summed E-state index contributed by atoms with van der Waals surface area (Å²) in [5.41, 5.74) is 4.82. The molecule has 0 fully saturated rings. The third-order valence-corrected chi connectivity index (χ3v) is 6.51. The van der Waals surface area contributed by atoms with Gasteiger partial charge in [0, 0.05) is 0 Å². The Balaban J connectivity index is 1.61. The maximum absolute atomic E-state index is 2.55. The predicted molar refractivity (Wildman–Crippen MR) is 120 cm³/mol. The fraction of sp³-hybridized carbons (Fsp3) is 0.481. The molecule has 0 aliphatic heterocycles. The van der Waals surface area contributed by atoms with Crippen LogP contribution in [-0.4, -0.2) is 0 Å². The third kappa shape index (κ3) is 4.05. The fourth-order valence-corrected chi connectivity index (χ4v) is 4.99. The summed E-state index contributed by atoms with van der Waals surface area (Å²) in [6, 6.07) is 16.4. The van der Waals surface area contributed by atoms with E-state index >= 15 is 0 Å². The SMILES string of the molecule is CCCCCCCCCc1cc2c3c(ccc2c2ccccc12)CCCC3. The van der Waals surface area contributed by atoms with Crippen molar-refractivity contribution in [2.45, 2.75) is 84.0 Å². The van der Waals surface area contributed by atoms with Gasteiger partial charge in [0.25, 0.3) is 0 Å². The number of fused-ring (bicyclic) bond motifs is 5. The van der Waals surface area contributed by atoms with Crippen molar-refractivity contribution in [3.63, 3.8) is 0 Å². The fourth-order valence-electron chi connectivity index (χ4n) is 4.99. The Hall–Kier alpha value is -1.82. The van der Waals surface area contributed by atoms with E-state index < -0.39 is 0 Å². The highest BCUT2D eigenvalue weighted by molar-refractivity contribution is 6.10. The summed E-state index contributed by atoms with van der Waals surface area (Å²) in [5, 5.41) is 5.95. The molecule has 0 unspecified atom stereocenters. The largest absolute Gasteiger partial charge is 0.0654 e. The topological polar surface area (TPSA) is 0 Å². The molecule has 0 saturated carbocycles. The minimum Gasteiger partial charge on any atom is -0.0654 e. The van der Waals surface area contributed by atoms with Gasteiger partial charge >= 0.3 is 0 Å². The molecular weight excluding hydrogens is 324 g/mol. The second-order valence-corrected chi connectivity index (χ2v) is 8.46. The summed E-state index contributed by atoms with van der Waals surface area (Å²) >= 11 is 0. The van der Waals surface area contributed by atoms with Crippen LogP contribution in [0, 0.1) is 0 Å². The molecule has 4 rings (SSSR count). The number of aryl methyl sites for hydroxylation is 3. The lowest BCUT2D eigenvalue weighted by Crippen LogP contribution is -2.03. The zero-order valence-electron chi connectivity index (χ0n) is 17.0. The smallest absolute Gasteiger partial charge is 0.0102 e. The molecule has 0 nitrogen and oxygen atoms in total. The number of rotatable bonds is 8. The van der Waals surface area contributed by atoms with Gasteiger partial charge in [-0.15, -0.1) is 0 Å². The first kappa shape index (κ1) is 18.5. The van der Waals surface area contributed by atoms with E-state index in [9.17, 15) is 0 Å². The third-order valence-electron chi connectivity index (χ3n) is 6.51. The van der Waals surface area contributed by atoms with Gasteiger partial charge in [-0.1, -0.05) is 87.9 Å². The average molecular weight is 359 g/mol. The number of hydrogen-bond acceptors (Lipinski definition) is 0. The summed E-state index contributed by atoms with van der Waals surface area (Å²) in [7, 11) is 0. The maximum atomic E-state index is 2.55. The maximum Gasteiger partial charge on any atom is -0.0102 e. The number of unbranched alkanes of at least 4 members (excludes halogenated alkanes) is 6. The highest BCUT2D eigenvalue weighted by atomic mass is 14.2. The second-order valence-electron chi connectivity index (χ2n) is 8.46. The molecule has 0 heterocycles. The van der Waals surface area contributed by atoms with Crippen LogP contribution >= 0.6 is 0 Å². The van der Waals surface area contributed by atoms with Crippen molar-refractivity contribution in [3.8, 4) is 0 Å². The average Bonchev–Trinajstić information content (AvgIpc) is 2.73. The van der Waals surface area contributed by atoms with E-state index in [0.29, 0.717) is 0 Å². The molecule has 3 aromatic rings. The van der Waals surface area contributed by atoms with Gasteiger partial charge in [0.2, 0.25) is 0 Å². The lowest BCUT2D eigenvalue weighted by molar-refractivity contribution is 0.590. The Morgan fingerprint density at radius 2 is 1.37 bits per heavy atom. The molecule has 0 amide bonds. The van der Waals surface area contributed by atoms with Gasteiger partial charge in [-0.25, -0.2) is 0 Å². The standard InChI is InChI=1S/C27H34/c1-2-3-4-5-6-7-8-14-22-20-27-23-15-10-9-13-21(23)18-19-26(27)25-17-12-11-16-24(22)25/h11-12,16-20H,2-10,13-15H2,1H3. The van der Waals surface area contributed by atoms with Crippen LogP contribution in [0.1, 0.15) is 81.4 Å². The van der Waals surface area contributed by atoms with Crippen LogP contribution in [0.5, 0.6) is 0 Å². The summed E-state index contributed by atoms with van der Waals surface area (Å²) in [5.74, 6) is 0. The minimum absolute atomic E-state index is 1.23. The molecule has 0 atom stereocenters. The van der Waals surface area contributed by atoms with Crippen LogP contribution in [0.2, 0.25) is 0 Å². The molecule has 1 aliphatic carbocycles. The number of benzene rings is 3. The van der Waals surface area contributed by atoms with Gasteiger partial charge in [-0.05, 0) is 76.8 Å². The van der Waals surface area contributed by atoms with Crippen molar-refractivity contribution in [3.05, 3.63) is 59.2 Å². The molecule has 3 aromatic carbocycles. The Kier molecular flexibility index (Phi) is 6.12. The lowest BCUT2D eigenvalue weighted by Gasteiger charge is -2.20. The Bertz CT molecular complexity index is 903. The molecule has 0 spiro atoms. The molecule has 0 heteroatoms. The molecule has 0 N–H and O–H groups in total. The molecule has 0 radical (unpaired) electrons. The van der Waals surface area contributed by atoms with E-state index in [1.807, 2.05) is 0 Å². The summed E-state index contributed by atoms with van der Waals surface area (Å²) in [6.45, 7) is 2.30. The van der Waals surface area contributed by atoms with Crippen LogP contribution in [0.3, 0.4) is 0 Å². The molecule has 27 heavy (non-hydrogen) atoms. The first-order chi connectivity index (χ1) is 13.4. The Morgan fingerprint density at radius 1 is 0.667 bits per heavy atom. The highest BCUT2D eigenvalue weighted by Gasteiger charge is 2.15. The van der Waals surface area contributed by atoms with E-state index in [1.165, 1.54) is 93.2 Å². The molecule has 1 aliphatic rings. The van der Waals surface area contributed by atoms with Crippen LogP contribution in [-0.2, 0) is 19.3 Å². The molecule has 0 saturated heterocycles. The Morgan fingerprint density at radius 3 is 2.22 bits per heavy atom. The van der Waals surface area contributed by atoms with E-state index in [0.717, 1.165) is 0 Å². The van der Waals surface area contributed by atoms with Crippen LogP contribution in [0.25, 0.3) is 21.5 Å². The Labute approximate surface area is 165 Å². The van der Waals surface area contributed by atoms with Crippen molar-refractivity contribution in [2.75, 3.05) is 0 Å². The van der Waals surface area contributed by atoms with Crippen molar-refractivity contribution in [2.24, 2.45) is 0 Å². The lowest BCUT2D eigenvalue weighted by atomic mass is 9.85. The second kappa shape index (κ2) is 8.91. The van der Waals surface area contributed by atoms with Gasteiger partial charge in [-0.3, -0.25) is 0 Å². The van der Waals surface area contributed by atoms with Crippen LogP contribution < -0.4 is 0 Å². The van der Waals surface area contributed by atoms with Gasteiger partial charge in [-0.2, -0.15) is 0 Å². The normalized spacial score (nSPS) is 14.0. The van der Waals surface area contributed by atoms with E-state index in [4.69, 9.17) is 0 Å². The van der Waals surface area contributed by atoms with E-state index in [2.05, 4.69) is 49.4 Å². The van der Waals surface area contributed by atoms with Crippen molar-refractivity contribution < 1.29 is 0 Å².